The van der Waals surface area contributed by atoms with Crippen molar-refractivity contribution in [2.45, 2.75) is 30.9 Å². The average molecular weight is 287 g/mol. The Balaban J connectivity index is 1.72. The van der Waals surface area contributed by atoms with Crippen molar-refractivity contribution in [3.63, 3.8) is 0 Å². The molecular weight excluding hydrogens is 266 g/mol. The van der Waals surface area contributed by atoms with Crippen molar-refractivity contribution in [2.75, 3.05) is 32.6 Å². The number of rotatable bonds is 7. The highest BCUT2D eigenvalue weighted by atomic mass is 32.2. The average Bonchev–Trinajstić information content (AvgIpc) is 2.88. The highest BCUT2D eigenvalue weighted by molar-refractivity contribution is 7.99. The van der Waals surface area contributed by atoms with Crippen LogP contribution in [0.25, 0.3) is 0 Å². The van der Waals surface area contributed by atoms with Crippen LogP contribution in [0, 0.1) is 0 Å². The zero-order chi connectivity index (χ0) is 12.6. The third-order valence-electron chi connectivity index (χ3n) is 2.94. The van der Waals surface area contributed by atoms with Crippen molar-refractivity contribution in [1.29, 1.82) is 0 Å². The van der Waals surface area contributed by atoms with Crippen LogP contribution < -0.4 is 5.32 Å². The summed E-state index contributed by atoms with van der Waals surface area (Å²) < 4.78 is 4.99. The number of nitrogens with one attached hydrogen (secondary N) is 1. The fourth-order valence-electron chi connectivity index (χ4n) is 1.93. The minimum Gasteiger partial charge on any atom is -0.383 e. The number of methoxy groups -OCH3 is 1. The maximum Gasteiger partial charge on any atom is 0.130 e. The molecule has 1 N–H and O–H groups in total. The van der Waals surface area contributed by atoms with Crippen molar-refractivity contribution in [3.8, 4) is 0 Å². The molecule has 1 fully saturated rings. The molecule has 4 nitrogen and oxygen atoms in total. The quantitative estimate of drug-likeness (QED) is 0.780. The Hall–Kier alpha value is -0.170. The van der Waals surface area contributed by atoms with Gasteiger partial charge in [-0.15, -0.1) is 21.5 Å². The monoisotopic (exact) mass is 287 g/mol. The lowest BCUT2D eigenvalue weighted by Crippen LogP contribution is -2.21. The molecular formula is C12H21N3OS2. The van der Waals surface area contributed by atoms with Crippen LogP contribution in [0.3, 0.4) is 0 Å². The first-order chi connectivity index (χ1) is 8.90. The summed E-state index contributed by atoms with van der Waals surface area (Å²) >= 11 is 3.83. The molecule has 1 aromatic heterocycles. The van der Waals surface area contributed by atoms with Crippen LogP contribution in [0.4, 0.5) is 0 Å². The molecule has 0 amide bonds. The largest absolute Gasteiger partial charge is 0.383 e. The topological polar surface area (TPSA) is 47.0 Å². The maximum absolute atomic E-state index is 4.99. The molecule has 6 heteroatoms. The molecule has 2 heterocycles. The van der Waals surface area contributed by atoms with Crippen molar-refractivity contribution in [3.05, 3.63) is 10.0 Å². The lowest BCUT2D eigenvalue weighted by Gasteiger charge is -2.17. The van der Waals surface area contributed by atoms with Gasteiger partial charge in [-0.1, -0.05) is 6.42 Å². The van der Waals surface area contributed by atoms with E-state index in [0.29, 0.717) is 5.25 Å². The van der Waals surface area contributed by atoms with Crippen LogP contribution in [0.2, 0.25) is 0 Å². The van der Waals surface area contributed by atoms with Gasteiger partial charge < -0.3 is 10.1 Å². The summed E-state index contributed by atoms with van der Waals surface area (Å²) in [5.41, 5.74) is 0. The van der Waals surface area contributed by atoms with E-state index in [1.807, 2.05) is 11.8 Å². The first-order valence-corrected chi connectivity index (χ1v) is 8.40. The summed E-state index contributed by atoms with van der Waals surface area (Å²) in [6, 6.07) is 0. The summed E-state index contributed by atoms with van der Waals surface area (Å²) in [5, 5.41) is 15.0. The van der Waals surface area contributed by atoms with Crippen molar-refractivity contribution < 1.29 is 4.74 Å². The van der Waals surface area contributed by atoms with Crippen molar-refractivity contribution in [1.82, 2.24) is 15.5 Å². The molecule has 0 bridgehead atoms. The molecule has 1 saturated heterocycles. The van der Waals surface area contributed by atoms with Gasteiger partial charge in [0.1, 0.15) is 10.0 Å². The summed E-state index contributed by atoms with van der Waals surface area (Å²) in [7, 11) is 1.72. The van der Waals surface area contributed by atoms with Crippen LogP contribution in [0.15, 0.2) is 0 Å². The number of nitrogens with zero attached hydrogens (tertiary/aromatic N) is 2. The Labute approximate surface area is 117 Å². The molecule has 2 rings (SSSR count). The van der Waals surface area contributed by atoms with E-state index in [2.05, 4.69) is 15.5 Å². The van der Waals surface area contributed by atoms with Gasteiger partial charge >= 0.3 is 0 Å². The first-order valence-electron chi connectivity index (χ1n) is 6.53. The van der Waals surface area contributed by atoms with E-state index in [1.165, 1.54) is 30.0 Å². The van der Waals surface area contributed by atoms with E-state index in [4.69, 9.17) is 4.74 Å². The molecule has 0 aromatic carbocycles. The van der Waals surface area contributed by atoms with E-state index >= 15 is 0 Å². The van der Waals surface area contributed by atoms with E-state index in [0.717, 1.165) is 31.1 Å². The normalized spacial score (nSPS) is 20.2. The maximum atomic E-state index is 4.99. The molecule has 0 radical (unpaired) electrons. The number of thioether (sulfide) groups is 1. The van der Waals surface area contributed by atoms with Crippen molar-refractivity contribution in [2.24, 2.45) is 0 Å². The smallest absolute Gasteiger partial charge is 0.130 e. The van der Waals surface area contributed by atoms with Gasteiger partial charge in [0.25, 0.3) is 0 Å². The summed E-state index contributed by atoms with van der Waals surface area (Å²) in [6.45, 7) is 2.62. The molecule has 0 saturated carbocycles. The highest BCUT2D eigenvalue weighted by Gasteiger charge is 2.19. The second kappa shape index (κ2) is 8.09. The van der Waals surface area contributed by atoms with Crippen LogP contribution in [0.5, 0.6) is 0 Å². The zero-order valence-corrected chi connectivity index (χ0v) is 12.5. The van der Waals surface area contributed by atoms with E-state index < -0.39 is 0 Å². The van der Waals surface area contributed by atoms with E-state index in [-0.39, 0.29) is 0 Å². The molecule has 18 heavy (non-hydrogen) atoms. The van der Waals surface area contributed by atoms with Gasteiger partial charge in [-0.3, -0.25) is 0 Å². The SMILES string of the molecule is COCCNCCc1nnc(C2CCCCS2)s1. The second-order valence-corrected chi connectivity index (χ2v) is 6.79. The molecule has 1 aromatic rings. The van der Waals surface area contributed by atoms with Crippen LogP contribution >= 0.6 is 23.1 Å². The van der Waals surface area contributed by atoms with Gasteiger partial charge in [-0.2, -0.15) is 11.8 Å². The van der Waals surface area contributed by atoms with E-state index in [1.54, 1.807) is 18.4 Å². The Morgan fingerprint density at radius 3 is 3.06 bits per heavy atom. The predicted octanol–water partition coefficient (Wildman–Crippen LogP) is 2.27. The third-order valence-corrected chi connectivity index (χ3v) is 5.57. The molecule has 1 unspecified atom stereocenters. The van der Waals surface area contributed by atoms with E-state index in [9.17, 15) is 0 Å². The third kappa shape index (κ3) is 4.50. The van der Waals surface area contributed by atoms with Crippen molar-refractivity contribution >= 4 is 23.1 Å². The lowest BCUT2D eigenvalue weighted by molar-refractivity contribution is 0.199. The Morgan fingerprint density at radius 2 is 2.28 bits per heavy atom. The highest BCUT2D eigenvalue weighted by Crippen LogP contribution is 2.39. The number of ether oxygens (including phenoxy) is 1. The molecule has 1 atom stereocenters. The van der Waals surface area contributed by atoms with Crippen LogP contribution in [-0.4, -0.2) is 42.8 Å². The minimum absolute atomic E-state index is 0.603. The van der Waals surface area contributed by atoms with Gasteiger partial charge in [0.2, 0.25) is 0 Å². The van der Waals surface area contributed by atoms with Gasteiger partial charge in [0, 0.05) is 26.6 Å². The summed E-state index contributed by atoms with van der Waals surface area (Å²) in [5.74, 6) is 1.28. The van der Waals surface area contributed by atoms with Crippen LogP contribution in [0.1, 0.15) is 34.5 Å². The standard InChI is InChI=1S/C12H21N3OS2/c1-16-8-7-13-6-5-11-14-15-12(18-11)10-4-2-3-9-17-10/h10,13H,2-9H2,1H3. The fourth-order valence-corrected chi connectivity index (χ4v) is 4.31. The number of aromatic nitrogens is 2. The molecule has 0 aliphatic carbocycles. The fraction of sp³-hybridized carbons (Fsp3) is 0.833. The minimum atomic E-state index is 0.603. The zero-order valence-electron chi connectivity index (χ0n) is 10.9. The lowest BCUT2D eigenvalue weighted by atomic mass is 10.2. The van der Waals surface area contributed by atoms with Gasteiger partial charge in [0.15, 0.2) is 0 Å². The summed E-state index contributed by atoms with van der Waals surface area (Å²) in [4.78, 5) is 0. The Bertz CT molecular complexity index is 340. The van der Waals surface area contributed by atoms with Gasteiger partial charge in [0.05, 0.1) is 11.9 Å². The number of hydrogen-bond donors (Lipinski definition) is 1. The predicted molar refractivity (Wildman–Crippen MR) is 77.4 cm³/mol. The first kappa shape index (κ1) is 14.2. The van der Waals surface area contributed by atoms with Crippen LogP contribution in [-0.2, 0) is 11.2 Å². The molecule has 1 aliphatic rings. The second-order valence-electron chi connectivity index (χ2n) is 4.38. The summed E-state index contributed by atoms with van der Waals surface area (Å²) in [6.07, 6.45) is 4.94. The Kier molecular flexibility index (Phi) is 6.40. The van der Waals surface area contributed by atoms with Gasteiger partial charge in [-0.05, 0) is 18.6 Å². The molecule has 102 valence electrons. The number of hydrogen-bond acceptors (Lipinski definition) is 6. The molecule has 1 aliphatic heterocycles. The molecule has 0 spiro atoms. The van der Waals surface area contributed by atoms with Gasteiger partial charge in [-0.25, -0.2) is 0 Å². The Morgan fingerprint density at radius 1 is 1.33 bits per heavy atom.